The number of likely N-dealkylation sites (tertiary alicyclic amines) is 1. The van der Waals surface area contributed by atoms with Gasteiger partial charge in [-0.15, -0.1) is 0 Å². The fourth-order valence-corrected chi connectivity index (χ4v) is 3.80. The number of likely N-dealkylation sites (N-methyl/N-ethyl adjacent to an activating group) is 1. The summed E-state index contributed by atoms with van der Waals surface area (Å²) in [6.07, 6.45) is 4.12. The quantitative estimate of drug-likeness (QED) is 0.670. The van der Waals surface area contributed by atoms with Gasteiger partial charge < -0.3 is 25.2 Å². The van der Waals surface area contributed by atoms with Crippen LogP contribution in [0, 0.1) is 11.3 Å². The average Bonchev–Trinajstić information content (AvgIpc) is 2.59. The Kier molecular flexibility index (Phi) is 7.94. The van der Waals surface area contributed by atoms with E-state index in [9.17, 15) is 4.79 Å². The molecule has 0 saturated carbocycles. The van der Waals surface area contributed by atoms with Crippen LogP contribution in [-0.4, -0.2) is 89.3 Å². The highest BCUT2D eigenvalue weighted by molar-refractivity contribution is 5.83. The van der Waals surface area contributed by atoms with E-state index in [0.717, 1.165) is 58.7 Å². The number of amides is 1. The van der Waals surface area contributed by atoms with Gasteiger partial charge in [-0.3, -0.25) is 4.79 Å². The molecule has 6 nitrogen and oxygen atoms in total. The van der Waals surface area contributed by atoms with Crippen molar-refractivity contribution in [2.45, 2.75) is 25.7 Å². The lowest BCUT2D eigenvalue weighted by atomic mass is 9.78. The lowest BCUT2D eigenvalue weighted by Gasteiger charge is -2.37. The maximum absolute atomic E-state index is 12.8. The normalized spacial score (nSPS) is 22.7. The molecule has 1 amide bonds. The number of ether oxygens (including phenoxy) is 1. The van der Waals surface area contributed by atoms with Crippen molar-refractivity contribution >= 4 is 5.91 Å². The second-order valence-corrected chi connectivity index (χ2v) is 7.76. The van der Waals surface area contributed by atoms with E-state index in [1.807, 2.05) is 0 Å². The zero-order chi connectivity index (χ0) is 17.4. The Labute approximate surface area is 147 Å². The Morgan fingerprint density at radius 1 is 1.29 bits per heavy atom. The molecule has 140 valence electrons. The highest BCUT2D eigenvalue weighted by atomic mass is 16.5. The fourth-order valence-electron chi connectivity index (χ4n) is 3.80. The Balaban J connectivity index is 1.72. The van der Waals surface area contributed by atoms with Crippen molar-refractivity contribution < 1.29 is 9.53 Å². The van der Waals surface area contributed by atoms with Crippen LogP contribution in [0.5, 0.6) is 0 Å². The molecule has 2 N–H and O–H groups in total. The van der Waals surface area contributed by atoms with Gasteiger partial charge in [-0.25, -0.2) is 0 Å². The van der Waals surface area contributed by atoms with Gasteiger partial charge in [0.2, 0.25) is 5.91 Å². The molecule has 0 aromatic carbocycles. The number of nitrogens with one attached hydrogen (secondary N) is 2. The molecule has 0 spiro atoms. The Morgan fingerprint density at radius 3 is 2.54 bits per heavy atom. The number of rotatable bonds is 8. The van der Waals surface area contributed by atoms with Crippen molar-refractivity contribution in [3.05, 3.63) is 0 Å². The molecule has 2 heterocycles. The number of methoxy groups -OCH3 is 1. The molecule has 0 radical (unpaired) electrons. The van der Waals surface area contributed by atoms with Crippen molar-refractivity contribution in [1.29, 1.82) is 0 Å². The first-order chi connectivity index (χ1) is 11.6. The molecular formula is C18H36N4O2. The van der Waals surface area contributed by atoms with E-state index in [0.29, 0.717) is 12.5 Å². The predicted octanol–water partition coefficient (Wildman–Crippen LogP) is 0.392. The summed E-state index contributed by atoms with van der Waals surface area (Å²) in [5, 5.41) is 6.58. The molecular weight excluding hydrogens is 304 g/mol. The van der Waals surface area contributed by atoms with Crippen LogP contribution in [0.2, 0.25) is 0 Å². The lowest BCUT2D eigenvalue weighted by Crippen LogP contribution is -2.51. The summed E-state index contributed by atoms with van der Waals surface area (Å²) >= 11 is 0. The maximum atomic E-state index is 12.8. The van der Waals surface area contributed by atoms with Crippen molar-refractivity contribution in [2.24, 2.45) is 11.3 Å². The topological polar surface area (TPSA) is 56.8 Å². The SMILES string of the molecule is COCC1(C(=O)NCC2CCN(CCN(C)C)CC2)CCNCC1. The highest BCUT2D eigenvalue weighted by Gasteiger charge is 2.39. The third-order valence-corrected chi connectivity index (χ3v) is 5.58. The van der Waals surface area contributed by atoms with Crippen LogP contribution in [-0.2, 0) is 9.53 Å². The van der Waals surface area contributed by atoms with E-state index in [1.54, 1.807) is 7.11 Å². The number of carbonyl (C=O) groups excluding carboxylic acids is 1. The highest BCUT2D eigenvalue weighted by Crippen LogP contribution is 2.29. The van der Waals surface area contributed by atoms with E-state index in [1.165, 1.54) is 12.8 Å². The maximum Gasteiger partial charge on any atom is 0.228 e. The van der Waals surface area contributed by atoms with Gasteiger partial charge in [0.05, 0.1) is 12.0 Å². The number of hydrogen-bond acceptors (Lipinski definition) is 5. The summed E-state index contributed by atoms with van der Waals surface area (Å²) in [6.45, 7) is 7.73. The second-order valence-electron chi connectivity index (χ2n) is 7.76. The first kappa shape index (κ1) is 19.6. The van der Waals surface area contributed by atoms with E-state index >= 15 is 0 Å². The molecule has 2 rings (SSSR count). The van der Waals surface area contributed by atoms with Crippen LogP contribution in [0.15, 0.2) is 0 Å². The minimum atomic E-state index is -0.327. The van der Waals surface area contributed by atoms with Gasteiger partial charge in [0.15, 0.2) is 0 Å². The summed E-state index contributed by atoms with van der Waals surface area (Å²) in [6, 6.07) is 0. The van der Waals surface area contributed by atoms with Gasteiger partial charge in [0.25, 0.3) is 0 Å². The van der Waals surface area contributed by atoms with E-state index in [2.05, 4.69) is 34.5 Å². The summed E-state index contributed by atoms with van der Waals surface area (Å²) < 4.78 is 5.36. The van der Waals surface area contributed by atoms with Gasteiger partial charge >= 0.3 is 0 Å². The van der Waals surface area contributed by atoms with Crippen molar-refractivity contribution in [3.8, 4) is 0 Å². The van der Waals surface area contributed by atoms with Crippen LogP contribution >= 0.6 is 0 Å². The van der Waals surface area contributed by atoms with Gasteiger partial charge in [0, 0.05) is 26.7 Å². The molecule has 24 heavy (non-hydrogen) atoms. The summed E-state index contributed by atoms with van der Waals surface area (Å²) in [4.78, 5) is 17.5. The van der Waals surface area contributed by atoms with Gasteiger partial charge in [-0.2, -0.15) is 0 Å². The first-order valence-corrected chi connectivity index (χ1v) is 9.41. The molecule has 2 aliphatic heterocycles. The molecule has 0 aliphatic carbocycles. The average molecular weight is 341 g/mol. The number of carbonyl (C=O) groups is 1. The van der Waals surface area contributed by atoms with Gasteiger partial charge in [0.1, 0.15) is 0 Å². The van der Waals surface area contributed by atoms with E-state index < -0.39 is 0 Å². The summed E-state index contributed by atoms with van der Waals surface area (Å²) in [5.74, 6) is 0.812. The van der Waals surface area contributed by atoms with Crippen LogP contribution in [0.1, 0.15) is 25.7 Å². The van der Waals surface area contributed by atoms with Gasteiger partial charge in [-0.1, -0.05) is 0 Å². The van der Waals surface area contributed by atoms with E-state index in [-0.39, 0.29) is 11.3 Å². The first-order valence-electron chi connectivity index (χ1n) is 9.41. The number of nitrogens with zero attached hydrogens (tertiary/aromatic N) is 2. The van der Waals surface area contributed by atoms with E-state index in [4.69, 9.17) is 4.74 Å². The monoisotopic (exact) mass is 340 g/mol. The largest absolute Gasteiger partial charge is 0.384 e. The standard InChI is InChI=1S/C18H36N4O2/c1-21(2)12-13-22-10-4-16(5-11-22)14-20-17(23)18(15-24-3)6-8-19-9-7-18/h16,19H,4-15H2,1-3H3,(H,20,23). The molecule has 0 unspecified atom stereocenters. The predicted molar refractivity (Wildman–Crippen MR) is 97.1 cm³/mol. The Hall–Kier alpha value is -0.690. The van der Waals surface area contributed by atoms with Crippen LogP contribution < -0.4 is 10.6 Å². The Morgan fingerprint density at radius 2 is 1.96 bits per heavy atom. The molecule has 0 aromatic heterocycles. The molecule has 2 fully saturated rings. The fraction of sp³-hybridized carbons (Fsp3) is 0.944. The van der Waals surface area contributed by atoms with Crippen molar-refractivity contribution in [2.75, 3.05) is 73.6 Å². The lowest BCUT2D eigenvalue weighted by molar-refractivity contribution is -0.136. The van der Waals surface area contributed by atoms with Crippen LogP contribution in [0.3, 0.4) is 0 Å². The third kappa shape index (κ3) is 5.69. The number of piperidine rings is 2. The second kappa shape index (κ2) is 9.70. The molecule has 0 bridgehead atoms. The number of hydrogen-bond donors (Lipinski definition) is 2. The van der Waals surface area contributed by atoms with Gasteiger partial charge in [-0.05, 0) is 71.9 Å². The molecule has 6 heteroatoms. The van der Waals surface area contributed by atoms with Crippen molar-refractivity contribution in [3.63, 3.8) is 0 Å². The zero-order valence-corrected chi connectivity index (χ0v) is 15.8. The zero-order valence-electron chi connectivity index (χ0n) is 15.8. The molecule has 2 saturated heterocycles. The van der Waals surface area contributed by atoms with Crippen molar-refractivity contribution in [1.82, 2.24) is 20.4 Å². The van der Waals surface area contributed by atoms with Crippen LogP contribution in [0.25, 0.3) is 0 Å². The Bertz CT molecular complexity index is 370. The smallest absolute Gasteiger partial charge is 0.228 e. The molecule has 2 aliphatic rings. The minimum absolute atomic E-state index is 0.195. The van der Waals surface area contributed by atoms with Crippen LogP contribution in [0.4, 0.5) is 0 Å². The summed E-state index contributed by atoms with van der Waals surface area (Å²) in [7, 11) is 5.94. The molecule has 0 aromatic rings. The third-order valence-electron chi connectivity index (χ3n) is 5.58. The minimum Gasteiger partial charge on any atom is -0.384 e. The molecule has 0 atom stereocenters. The summed E-state index contributed by atoms with van der Waals surface area (Å²) in [5.41, 5.74) is -0.327.